The first-order valence-corrected chi connectivity index (χ1v) is 5.33. The highest BCUT2D eigenvalue weighted by atomic mass is 16.5. The molecule has 0 radical (unpaired) electrons. The molecule has 4 nitrogen and oxygen atoms in total. The Labute approximate surface area is 85.4 Å². The maximum atomic E-state index is 11.4. The highest BCUT2D eigenvalue weighted by Gasteiger charge is 2.22. The van der Waals surface area contributed by atoms with Gasteiger partial charge in [0.1, 0.15) is 6.10 Å². The zero-order valence-electron chi connectivity index (χ0n) is 9.01. The van der Waals surface area contributed by atoms with Crippen LogP contribution >= 0.6 is 0 Å². The molecule has 0 aromatic heterocycles. The SMILES string of the molecule is CC(C)NCCNC(=O)[C@H]1CCCO1. The zero-order valence-corrected chi connectivity index (χ0v) is 9.01. The van der Waals surface area contributed by atoms with Gasteiger partial charge in [-0.25, -0.2) is 0 Å². The maximum Gasteiger partial charge on any atom is 0.249 e. The summed E-state index contributed by atoms with van der Waals surface area (Å²) in [5.41, 5.74) is 0. The molecule has 1 aliphatic heterocycles. The standard InChI is InChI=1S/C10H20N2O2/c1-8(2)11-5-6-12-10(13)9-4-3-7-14-9/h8-9,11H,3-7H2,1-2H3,(H,12,13)/t9-/m1/s1. The molecule has 1 heterocycles. The van der Waals surface area contributed by atoms with E-state index in [0.717, 1.165) is 26.0 Å². The Morgan fingerprint density at radius 3 is 2.86 bits per heavy atom. The van der Waals surface area contributed by atoms with E-state index in [0.29, 0.717) is 12.6 Å². The molecule has 1 fully saturated rings. The van der Waals surface area contributed by atoms with Gasteiger partial charge in [-0.3, -0.25) is 4.79 Å². The Hall–Kier alpha value is -0.610. The van der Waals surface area contributed by atoms with Crippen LogP contribution in [0.2, 0.25) is 0 Å². The van der Waals surface area contributed by atoms with Crippen molar-refractivity contribution in [3.63, 3.8) is 0 Å². The monoisotopic (exact) mass is 200 g/mol. The van der Waals surface area contributed by atoms with E-state index in [2.05, 4.69) is 24.5 Å². The van der Waals surface area contributed by atoms with Gasteiger partial charge >= 0.3 is 0 Å². The van der Waals surface area contributed by atoms with Crippen molar-refractivity contribution in [2.24, 2.45) is 0 Å². The topological polar surface area (TPSA) is 50.4 Å². The molecule has 0 bridgehead atoms. The highest BCUT2D eigenvalue weighted by molar-refractivity contribution is 5.80. The minimum atomic E-state index is -0.200. The van der Waals surface area contributed by atoms with E-state index in [1.807, 2.05) is 0 Å². The summed E-state index contributed by atoms with van der Waals surface area (Å²) in [5.74, 6) is 0.0352. The molecule has 0 saturated carbocycles. The summed E-state index contributed by atoms with van der Waals surface area (Å²) >= 11 is 0. The van der Waals surface area contributed by atoms with Crippen LogP contribution in [0.5, 0.6) is 0 Å². The second kappa shape index (κ2) is 5.98. The van der Waals surface area contributed by atoms with E-state index in [4.69, 9.17) is 4.74 Å². The molecule has 1 atom stereocenters. The lowest BCUT2D eigenvalue weighted by atomic mass is 10.2. The minimum absolute atomic E-state index is 0.0352. The lowest BCUT2D eigenvalue weighted by Crippen LogP contribution is -2.39. The van der Waals surface area contributed by atoms with Crippen LogP contribution in [0.25, 0.3) is 0 Å². The van der Waals surface area contributed by atoms with E-state index in [1.54, 1.807) is 0 Å². The number of amides is 1. The lowest BCUT2D eigenvalue weighted by Gasteiger charge is -2.11. The van der Waals surface area contributed by atoms with Crippen LogP contribution in [0.15, 0.2) is 0 Å². The fraction of sp³-hybridized carbons (Fsp3) is 0.900. The Balaban J connectivity index is 2.03. The minimum Gasteiger partial charge on any atom is -0.368 e. The molecule has 0 aliphatic carbocycles. The molecule has 0 aromatic carbocycles. The van der Waals surface area contributed by atoms with Gasteiger partial charge in [0, 0.05) is 25.7 Å². The molecule has 0 spiro atoms. The first kappa shape index (κ1) is 11.5. The van der Waals surface area contributed by atoms with Crippen LogP contribution in [-0.2, 0) is 9.53 Å². The second-order valence-electron chi connectivity index (χ2n) is 3.90. The second-order valence-corrected chi connectivity index (χ2v) is 3.90. The first-order chi connectivity index (χ1) is 6.70. The van der Waals surface area contributed by atoms with Crippen molar-refractivity contribution >= 4 is 5.91 Å². The summed E-state index contributed by atoms with van der Waals surface area (Å²) in [7, 11) is 0. The molecule has 82 valence electrons. The fourth-order valence-corrected chi connectivity index (χ4v) is 1.44. The van der Waals surface area contributed by atoms with Crippen LogP contribution in [0.4, 0.5) is 0 Å². The molecule has 14 heavy (non-hydrogen) atoms. The third-order valence-corrected chi connectivity index (χ3v) is 2.20. The van der Waals surface area contributed by atoms with Gasteiger partial charge in [0.25, 0.3) is 0 Å². The Morgan fingerprint density at radius 2 is 2.29 bits per heavy atom. The van der Waals surface area contributed by atoms with Gasteiger partial charge in [0.15, 0.2) is 0 Å². The van der Waals surface area contributed by atoms with Crippen molar-refractivity contribution in [2.75, 3.05) is 19.7 Å². The highest BCUT2D eigenvalue weighted by Crippen LogP contribution is 2.11. The van der Waals surface area contributed by atoms with Gasteiger partial charge in [-0.2, -0.15) is 0 Å². The lowest BCUT2D eigenvalue weighted by molar-refractivity contribution is -0.129. The van der Waals surface area contributed by atoms with Crippen LogP contribution < -0.4 is 10.6 Å². The average Bonchev–Trinajstić information content (AvgIpc) is 2.64. The van der Waals surface area contributed by atoms with E-state index < -0.39 is 0 Å². The van der Waals surface area contributed by atoms with Crippen molar-refractivity contribution in [1.82, 2.24) is 10.6 Å². The van der Waals surface area contributed by atoms with Gasteiger partial charge in [-0.05, 0) is 12.8 Å². The van der Waals surface area contributed by atoms with E-state index >= 15 is 0 Å². The number of hydrogen-bond donors (Lipinski definition) is 2. The molecule has 4 heteroatoms. The summed E-state index contributed by atoms with van der Waals surface area (Å²) in [6.07, 6.45) is 1.67. The Bertz CT molecular complexity index is 177. The van der Waals surface area contributed by atoms with Crippen LogP contribution in [0.1, 0.15) is 26.7 Å². The number of hydrogen-bond acceptors (Lipinski definition) is 3. The summed E-state index contributed by atoms with van der Waals surface area (Å²) in [4.78, 5) is 11.4. The summed E-state index contributed by atoms with van der Waals surface area (Å²) in [6.45, 7) is 6.39. The maximum absolute atomic E-state index is 11.4. The molecule has 1 aliphatic rings. The van der Waals surface area contributed by atoms with E-state index in [1.165, 1.54) is 0 Å². The molecular weight excluding hydrogens is 180 g/mol. The van der Waals surface area contributed by atoms with Crippen molar-refractivity contribution < 1.29 is 9.53 Å². The van der Waals surface area contributed by atoms with Gasteiger partial charge in [0.05, 0.1) is 0 Å². The normalized spacial score (nSPS) is 21.5. The number of rotatable bonds is 5. The third-order valence-electron chi connectivity index (χ3n) is 2.20. The quantitative estimate of drug-likeness (QED) is 0.627. The largest absolute Gasteiger partial charge is 0.368 e. The molecular formula is C10H20N2O2. The molecule has 2 N–H and O–H groups in total. The van der Waals surface area contributed by atoms with E-state index in [-0.39, 0.29) is 12.0 Å². The predicted molar refractivity (Wildman–Crippen MR) is 55.1 cm³/mol. The van der Waals surface area contributed by atoms with Crippen LogP contribution in [0.3, 0.4) is 0 Å². The van der Waals surface area contributed by atoms with Crippen molar-refractivity contribution in [3.05, 3.63) is 0 Å². The fourth-order valence-electron chi connectivity index (χ4n) is 1.44. The van der Waals surface area contributed by atoms with Gasteiger partial charge < -0.3 is 15.4 Å². The van der Waals surface area contributed by atoms with Crippen molar-refractivity contribution in [3.8, 4) is 0 Å². The first-order valence-electron chi connectivity index (χ1n) is 5.33. The summed E-state index contributed by atoms with van der Waals surface area (Å²) in [6, 6.07) is 0.467. The van der Waals surface area contributed by atoms with Gasteiger partial charge in [-0.1, -0.05) is 13.8 Å². The van der Waals surface area contributed by atoms with Gasteiger partial charge in [0.2, 0.25) is 5.91 Å². The van der Waals surface area contributed by atoms with Crippen LogP contribution in [-0.4, -0.2) is 37.7 Å². The molecule has 0 aromatic rings. The van der Waals surface area contributed by atoms with Crippen LogP contribution in [0, 0.1) is 0 Å². The Kier molecular flexibility index (Phi) is 4.90. The number of carbonyl (C=O) groups is 1. The predicted octanol–water partition coefficient (Wildman–Crippen LogP) is 0.280. The van der Waals surface area contributed by atoms with Crippen molar-refractivity contribution in [1.29, 1.82) is 0 Å². The summed E-state index contributed by atoms with van der Waals surface area (Å²) in [5, 5.41) is 6.09. The molecule has 1 saturated heterocycles. The molecule has 1 rings (SSSR count). The smallest absolute Gasteiger partial charge is 0.249 e. The number of nitrogens with one attached hydrogen (secondary N) is 2. The van der Waals surface area contributed by atoms with E-state index in [9.17, 15) is 4.79 Å². The van der Waals surface area contributed by atoms with Gasteiger partial charge in [-0.15, -0.1) is 0 Å². The third kappa shape index (κ3) is 4.07. The Morgan fingerprint density at radius 1 is 1.50 bits per heavy atom. The number of carbonyl (C=O) groups excluding carboxylic acids is 1. The average molecular weight is 200 g/mol. The number of ether oxygens (including phenoxy) is 1. The van der Waals surface area contributed by atoms with Crippen molar-refractivity contribution in [2.45, 2.75) is 38.8 Å². The molecule has 0 unspecified atom stereocenters. The zero-order chi connectivity index (χ0) is 10.4. The molecule has 1 amide bonds. The summed E-state index contributed by atoms with van der Waals surface area (Å²) < 4.78 is 5.26.